The second kappa shape index (κ2) is 10.1. The van der Waals surface area contributed by atoms with Gasteiger partial charge in [0.05, 0.1) is 18.2 Å². The Morgan fingerprint density at radius 1 is 1.09 bits per heavy atom. The molecule has 32 heavy (non-hydrogen) atoms. The number of hydrogen-bond acceptors (Lipinski definition) is 5. The van der Waals surface area contributed by atoms with Crippen LogP contribution in [0.2, 0.25) is 5.02 Å². The van der Waals surface area contributed by atoms with Crippen LogP contribution in [0.3, 0.4) is 0 Å². The first kappa shape index (κ1) is 22.2. The zero-order valence-corrected chi connectivity index (χ0v) is 18.8. The number of amides is 2. The third-order valence-electron chi connectivity index (χ3n) is 5.71. The molecule has 0 unspecified atom stereocenters. The summed E-state index contributed by atoms with van der Waals surface area (Å²) in [4.78, 5) is 29.9. The summed E-state index contributed by atoms with van der Waals surface area (Å²) >= 11 is 6.14. The summed E-state index contributed by atoms with van der Waals surface area (Å²) < 4.78 is 5.35. The molecule has 4 rings (SSSR count). The van der Waals surface area contributed by atoms with Crippen LogP contribution < -0.4 is 15.5 Å². The van der Waals surface area contributed by atoms with Crippen LogP contribution in [0.1, 0.15) is 18.5 Å². The van der Waals surface area contributed by atoms with Gasteiger partial charge in [0.15, 0.2) is 0 Å². The number of nitrogens with one attached hydrogen (secondary N) is 2. The molecule has 2 aromatic carbocycles. The van der Waals surface area contributed by atoms with Crippen molar-refractivity contribution in [2.75, 3.05) is 44.2 Å². The lowest BCUT2D eigenvalue weighted by Crippen LogP contribution is -2.51. The monoisotopic (exact) mass is 454 g/mol. The molecular weight excluding hydrogens is 428 g/mol. The van der Waals surface area contributed by atoms with Gasteiger partial charge in [-0.3, -0.25) is 4.90 Å². The van der Waals surface area contributed by atoms with E-state index in [2.05, 4.69) is 26.5 Å². The second-order valence-corrected chi connectivity index (χ2v) is 8.23. The number of rotatable bonds is 6. The standard InChI is InChI=1S/C24H27ClN4O3/c1-2-32-23(30)21-20(26-24(31)27-22(21)17-7-4-3-5-8-17)16-28-11-13-29(14-12-28)19-10-6-9-18(25)15-19/h3-10,15,22H,2,11-14,16H2,1H3,(H2,26,27,31)/t22-/m1/s1. The molecular formula is C24H27ClN4O3. The second-order valence-electron chi connectivity index (χ2n) is 7.80. The number of carbonyl (C=O) groups excluding carboxylic acids is 2. The third-order valence-corrected chi connectivity index (χ3v) is 5.94. The molecule has 0 aliphatic carbocycles. The zero-order chi connectivity index (χ0) is 22.5. The van der Waals surface area contributed by atoms with Gasteiger partial charge in [0.1, 0.15) is 0 Å². The Kier molecular flexibility index (Phi) is 6.97. The van der Waals surface area contributed by atoms with E-state index in [4.69, 9.17) is 16.3 Å². The fourth-order valence-electron chi connectivity index (χ4n) is 4.15. The van der Waals surface area contributed by atoms with Crippen molar-refractivity contribution in [3.63, 3.8) is 0 Å². The van der Waals surface area contributed by atoms with E-state index in [1.807, 2.05) is 48.5 Å². The molecule has 1 saturated heterocycles. The molecule has 0 aromatic heterocycles. The van der Waals surface area contributed by atoms with Crippen LogP contribution in [0.4, 0.5) is 10.5 Å². The highest BCUT2D eigenvalue weighted by molar-refractivity contribution is 6.30. The summed E-state index contributed by atoms with van der Waals surface area (Å²) in [6, 6.07) is 16.5. The third kappa shape index (κ3) is 5.06. The lowest BCUT2D eigenvalue weighted by Gasteiger charge is -2.38. The molecule has 168 valence electrons. The van der Waals surface area contributed by atoms with Gasteiger partial charge in [-0.25, -0.2) is 9.59 Å². The molecule has 0 radical (unpaired) electrons. The van der Waals surface area contributed by atoms with E-state index in [1.54, 1.807) is 6.92 Å². The minimum atomic E-state index is -0.549. The van der Waals surface area contributed by atoms with Gasteiger partial charge in [-0.2, -0.15) is 0 Å². The summed E-state index contributed by atoms with van der Waals surface area (Å²) in [7, 11) is 0. The van der Waals surface area contributed by atoms with Crippen LogP contribution >= 0.6 is 11.6 Å². The highest BCUT2D eigenvalue weighted by Gasteiger charge is 2.34. The van der Waals surface area contributed by atoms with Gasteiger partial charge in [0, 0.05) is 49.1 Å². The number of urea groups is 1. The number of piperazine rings is 1. The summed E-state index contributed by atoms with van der Waals surface area (Å²) in [6.07, 6.45) is 0. The van der Waals surface area contributed by atoms with Crippen LogP contribution in [-0.2, 0) is 9.53 Å². The number of nitrogens with zero attached hydrogens (tertiary/aromatic N) is 2. The number of hydrogen-bond donors (Lipinski definition) is 2. The number of ether oxygens (including phenoxy) is 1. The number of anilines is 1. The smallest absolute Gasteiger partial charge is 0.338 e. The Labute approximate surface area is 193 Å². The van der Waals surface area contributed by atoms with Gasteiger partial charge in [0.25, 0.3) is 0 Å². The van der Waals surface area contributed by atoms with Crippen LogP contribution in [0, 0.1) is 0 Å². The highest BCUT2D eigenvalue weighted by atomic mass is 35.5. The maximum atomic E-state index is 12.9. The minimum absolute atomic E-state index is 0.267. The van der Waals surface area contributed by atoms with Crippen molar-refractivity contribution in [3.8, 4) is 0 Å². The molecule has 1 atom stereocenters. The van der Waals surface area contributed by atoms with Gasteiger partial charge >= 0.3 is 12.0 Å². The van der Waals surface area contributed by atoms with Crippen LogP contribution in [0.5, 0.6) is 0 Å². The summed E-state index contributed by atoms with van der Waals surface area (Å²) in [5, 5.41) is 6.46. The van der Waals surface area contributed by atoms with Gasteiger partial charge < -0.3 is 20.3 Å². The topological polar surface area (TPSA) is 73.9 Å². The molecule has 0 spiro atoms. The predicted octanol–water partition coefficient (Wildman–Crippen LogP) is 3.33. The molecule has 2 aromatic rings. The average molecular weight is 455 g/mol. The molecule has 2 aliphatic heterocycles. The zero-order valence-electron chi connectivity index (χ0n) is 18.0. The van der Waals surface area contributed by atoms with Gasteiger partial charge in [-0.15, -0.1) is 0 Å². The van der Waals surface area contributed by atoms with E-state index in [-0.39, 0.29) is 12.6 Å². The molecule has 1 fully saturated rings. The first-order valence-corrected chi connectivity index (χ1v) is 11.2. The van der Waals surface area contributed by atoms with Crippen molar-refractivity contribution in [1.82, 2.24) is 15.5 Å². The SMILES string of the molecule is CCOC(=O)C1=C(CN2CCN(c3cccc(Cl)c3)CC2)NC(=O)N[C@@H]1c1ccccc1. The number of halogens is 1. The normalized spacial score (nSPS) is 19.4. The lowest BCUT2D eigenvalue weighted by molar-refractivity contribution is -0.139. The van der Waals surface area contributed by atoms with Gasteiger partial charge in [-0.05, 0) is 30.7 Å². The molecule has 2 amide bonds. The van der Waals surface area contributed by atoms with Crippen molar-refractivity contribution in [1.29, 1.82) is 0 Å². The van der Waals surface area contributed by atoms with E-state index in [0.29, 0.717) is 17.8 Å². The fraction of sp³-hybridized carbons (Fsp3) is 0.333. The Morgan fingerprint density at radius 2 is 1.84 bits per heavy atom. The first-order chi connectivity index (χ1) is 15.5. The molecule has 2 N–H and O–H groups in total. The van der Waals surface area contributed by atoms with E-state index >= 15 is 0 Å². The average Bonchev–Trinajstić information content (AvgIpc) is 2.80. The number of benzene rings is 2. The van der Waals surface area contributed by atoms with Crippen LogP contribution in [0.25, 0.3) is 0 Å². The molecule has 7 nitrogen and oxygen atoms in total. The maximum Gasteiger partial charge on any atom is 0.338 e. The Balaban J connectivity index is 1.54. The van der Waals surface area contributed by atoms with Gasteiger partial charge in [-0.1, -0.05) is 48.0 Å². The summed E-state index contributed by atoms with van der Waals surface area (Å²) in [5.74, 6) is -0.415. The van der Waals surface area contributed by atoms with E-state index in [1.165, 1.54) is 0 Å². The van der Waals surface area contributed by atoms with Crippen LogP contribution in [-0.4, -0.2) is 56.2 Å². The summed E-state index contributed by atoms with van der Waals surface area (Å²) in [5.41, 5.74) is 2.99. The first-order valence-electron chi connectivity index (χ1n) is 10.8. The van der Waals surface area contributed by atoms with Crippen molar-refractivity contribution in [2.45, 2.75) is 13.0 Å². The molecule has 0 saturated carbocycles. The fourth-order valence-corrected chi connectivity index (χ4v) is 4.33. The quantitative estimate of drug-likeness (QED) is 0.655. The molecule has 8 heteroatoms. The molecule has 2 heterocycles. The molecule has 2 aliphatic rings. The highest BCUT2D eigenvalue weighted by Crippen LogP contribution is 2.28. The van der Waals surface area contributed by atoms with E-state index in [9.17, 15) is 9.59 Å². The van der Waals surface area contributed by atoms with Crippen LogP contribution in [0.15, 0.2) is 65.9 Å². The Bertz CT molecular complexity index is 1000. The Hall–Kier alpha value is -3.03. The van der Waals surface area contributed by atoms with Crippen molar-refractivity contribution in [2.24, 2.45) is 0 Å². The van der Waals surface area contributed by atoms with Crippen molar-refractivity contribution < 1.29 is 14.3 Å². The largest absolute Gasteiger partial charge is 0.463 e. The maximum absolute atomic E-state index is 12.9. The Morgan fingerprint density at radius 3 is 2.53 bits per heavy atom. The number of esters is 1. The summed E-state index contributed by atoms with van der Waals surface area (Å²) in [6.45, 7) is 5.77. The minimum Gasteiger partial charge on any atom is -0.463 e. The predicted molar refractivity (Wildman–Crippen MR) is 125 cm³/mol. The van der Waals surface area contributed by atoms with Crippen molar-refractivity contribution in [3.05, 3.63) is 76.5 Å². The molecule has 0 bridgehead atoms. The number of carbonyl (C=O) groups is 2. The van der Waals surface area contributed by atoms with E-state index < -0.39 is 12.0 Å². The van der Waals surface area contributed by atoms with Crippen molar-refractivity contribution >= 4 is 29.3 Å². The lowest BCUT2D eigenvalue weighted by atomic mass is 9.95. The van der Waals surface area contributed by atoms with Gasteiger partial charge in [0.2, 0.25) is 0 Å². The van der Waals surface area contributed by atoms with E-state index in [0.717, 1.165) is 42.5 Å².